The third-order valence-electron chi connectivity index (χ3n) is 3.40. The van der Waals surface area contributed by atoms with Crippen molar-refractivity contribution in [2.45, 2.75) is 25.6 Å². The normalized spacial score (nSPS) is 19.7. The van der Waals surface area contributed by atoms with Gasteiger partial charge in [-0.3, -0.25) is 0 Å². The topological polar surface area (TPSA) is 15.3 Å². The summed E-state index contributed by atoms with van der Waals surface area (Å²) >= 11 is 3.27. The Labute approximate surface area is 119 Å². The van der Waals surface area contributed by atoms with Gasteiger partial charge < -0.3 is 10.2 Å². The van der Waals surface area contributed by atoms with Gasteiger partial charge in [0.1, 0.15) is 0 Å². The zero-order chi connectivity index (χ0) is 14.0. The van der Waals surface area contributed by atoms with E-state index in [2.05, 4.69) is 26.1 Å². The van der Waals surface area contributed by atoms with Crippen LogP contribution < -0.4 is 10.2 Å². The Morgan fingerprint density at radius 1 is 1.42 bits per heavy atom. The van der Waals surface area contributed by atoms with E-state index in [4.69, 9.17) is 0 Å². The van der Waals surface area contributed by atoms with E-state index >= 15 is 0 Å². The number of rotatable bonds is 3. The Kier molecular flexibility index (Phi) is 4.40. The molecule has 1 aromatic carbocycles. The predicted molar refractivity (Wildman–Crippen MR) is 73.4 cm³/mol. The maximum Gasteiger partial charge on any atom is 0.416 e. The SMILES string of the molecule is CCN(c1ccc(C(F)(F)F)cc1Br)C1CCNC1. The number of likely N-dealkylation sites (N-methyl/N-ethyl adjacent to an activating group) is 1. The number of anilines is 1. The van der Waals surface area contributed by atoms with Crippen LogP contribution in [0.1, 0.15) is 18.9 Å². The van der Waals surface area contributed by atoms with Crippen molar-refractivity contribution in [2.75, 3.05) is 24.5 Å². The second-order valence-electron chi connectivity index (χ2n) is 4.60. The van der Waals surface area contributed by atoms with Gasteiger partial charge >= 0.3 is 6.18 Å². The summed E-state index contributed by atoms with van der Waals surface area (Å²) < 4.78 is 38.4. The Bertz CT molecular complexity index is 442. The highest BCUT2D eigenvalue weighted by atomic mass is 79.9. The van der Waals surface area contributed by atoms with Crippen LogP contribution in [0.5, 0.6) is 0 Å². The standard InChI is InChI=1S/C13H16BrF3N2/c1-2-19(10-5-6-18-8-10)12-4-3-9(7-11(12)14)13(15,16)17/h3-4,7,10,18H,2,5-6,8H2,1H3. The lowest BCUT2D eigenvalue weighted by Crippen LogP contribution is -2.37. The zero-order valence-corrected chi connectivity index (χ0v) is 12.2. The first kappa shape index (κ1) is 14.7. The number of hydrogen-bond donors (Lipinski definition) is 1. The molecule has 19 heavy (non-hydrogen) atoms. The van der Waals surface area contributed by atoms with Crippen molar-refractivity contribution in [1.29, 1.82) is 0 Å². The Morgan fingerprint density at radius 2 is 2.16 bits per heavy atom. The molecule has 6 heteroatoms. The molecule has 1 aliphatic heterocycles. The predicted octanol–water partition coefficient (Wildman–Crippen LogP) is 3.66. The van der Waals surface area contributed by atoms with Crippen molar-refractivity contribution in [3.8, 4) is 0 Å². The summed E-state index contributed by atoms with van der Waals surface area (Å²) in [7, 11) is 0. The summed E-state index contributed by atoms with van der Waals surface area (Å²) in [5.74, 6) is 0. The number of alkyl halides is 3. The van der Waals surface area contributed by atoms with Gasteiger partial charge in [0.15, 0.2) is 0 Å². The largest absolute Gasteiger partial charge is 0.416 e. The second kappa shape index (κ2) is 5.71. The fourth-order valence-electron chi connectivity index (χ4n) is 2.45. The maximum atomic E-state index is 12.6. The van der Waals surface area contributed by atoms with Crippen LogP contribution in [0, 0.1) is 0 Å². The molecule has 0 aromatic heterocycles. The average molecular weight is 337 g/mol. The van der Waals surface area contributed by atoms with Crippen LogP contribution in [0.25, 0.3) is 0 Å². The van der Waals surface area contributed by atoms with E-state index in [1.165, 1.54) is 0 Å². The van der Waals surface area contributed by atoms with E-state index < -0.39 is 11.7 Å². The number of hydrogen-bond acceptors (Lipinski definition) is 2. The number of nitrogens with one attached hydrogen (secondary N) is 1. The monoisotopic (exact) mass is 336 g/mol. The molecule has 1 aromatic rings. The lowest BCUT2D eigenvalue weighted by Gasteiger charge is -2.30. The van der Waals surface area contributed by atoms with Crippen LogP contribution in [0.15, 0.2) is 22.7 Å². The van der Waals surface area contributed by atoms with E-state index in [-0.39, 0.29) is 0 Å². The Balaban J connectivity index is 2.28. The highest BCUT2D eigenvalue weighted by Crippen LogP contribution is 2.36. The van der Waals surface area contributed by atoms with Gasteiger partial charge in [0.05, 0.1) is 11.3 Å². The maximum absolute atomic E-state index is 12.6. The molecule has 1 heterocycles. The van der Waals surface area contributed by atoms with Crippen LogP contribution in [0.2, 0.25) is 0 Å². The molecule has 1 atom stereocenters. The van der Waals surface area contributed by atoms with Crippen molar-refractivity contribution >= 4 is 21.6 Å². The van der Waals surface area contributed by atoms with Gasteiger partial charge in [0, 0.05) is 23.6 Å². The fourth-order valence-corrected chi connectivity index (χ4v) is 3.05. The molecule has 0 amide bonds. The number of halogens is 4. The highest BCUT2D eigenvalue weighted by molar-refractivity contribution is 9.10. The molecule has 0 saturated carbocycles. The van der Waals surface area contributed by atoms with Gasteiger partial charge in [-0.05, 0) is 54.0 Å². The molecule has 1 unspecified atom stereocenters. The fraction of sp³-hybridized carbons (Fsp3) is 0.538. The van der Waals surface area contributed by atoms with Gasteiger partial charge in [-0.15, -0.1) is 0 Å². The first-order valence-corrected chi connectivity index (χ1v) is 7.07. The first-order valence-electron chi connectivity index (χ1n) is 6.27. The van der Waals surface area contributed by atoms with Crippen LogP contribution in [0.4, 0.5) is 18.9 Å². The molecular formula is C13H16BrF3N2. The van der Waals surface area contributed by atoms with Crippen molar-refractivity contribution < 1.29 is 13.2 Å². The van der Waals surface area contributed by atoms with Crippen molar-refractivity contribution in [1.82, 2.24) is 5.32 Å². The molecule has 0 bridgehead atoms. The summed E-state index contributed by atoms with van der Waals surface area (Å²) in [4.78, 5) is 2.14. The molecule has 0 radical (unpaired) electrons. The van der Waals surface area contributed by atoms with Crippen molar-refractivity contribution in [2.24, 2.45) is 0 Å². The number of benzene rings is 1. The molecular weight excluding hydrogens is 321 g/mol. The van der Waals surface area contributed by atoms with Gasteiger partial charge in [-0.2, -0.15) is 13.2 Å². The van der Waals surface area contributed by atoms with E-state index in [9.17, 15) is 13.2 Å². The zero-order valence-electron chi connectivity index (χ0n) is 10.6. The highest BCUT2D eigenvalue weighted by Gasteiger charge is 2.31. The molecule has 0 spiro atoms. The Hall–Kier alpha value is -0.750. The molecule has 1 N–H and O–H groups in total. The summed E-state index contributed by atoms with van der Waals surface area (Å²) in [6, 6.07) is 4.19. The third kappa shape index (κ3) is 3.23. The quantitative estimate of drug-likeness (QED) is 0.906. The molecule has 1 saturated heterocycles. The summed E-state index contributed by atoms with van der Waals surface area (Å²) in [6.45, 7) is 4.62. The van der Waals surface area contributed by atoms with Gasteiger partial charge in [0.2, 0.25) is 0 Å². The van der Waals surface area contributed by atoms with Crippen LogP contribution in [0.3, 0.4) is 0 Å². The van der Waals surface area contributed by atoms with E-state index in [0.29, 0.717) is 10.5 Å². The molecule has 2 nitrogen and oxygen atoms in total. The Morgan fingerprint density at radius 3 is 2.63 bits per heavy atom. The van der Waals surface area contributed by atoms with Gasteiger partial charge in [0.25, 0.3) is 0 Å². The van der Waals surface area contributed by atoms with Crippen molar-refractivity contribution in [3.05, 3.63) is 28.2 Å². The van der Waals surface area contributed by atoms with E-state index in [1.807, 2.05) is 6.92 Å². The van der Waals surface area contributed by atoms with Crippen LogP contribution in [-0.4, -0.2) is 25.7 Å². The van der Waals surface area contributed by atoms with E-state index in [0.717, 1.165) is 43.9 Å². The number of nitrogens with zero attached hydrogens (tertiary/aromatic N) is 1. The van der Waals surface area contributed by atoms with Gasteiger partial charge in [-0.1, -0.05) is 0 Å². The van der Waals surface area contributed by atoms with Crippen LogP contribution in [-0.2, 0) is 6.18 Å². The lowest BCUT2D eigenvalue weighted by atomic mass is 10.1. The minimum atomic E-state index is -4.30. The lowest BCUT2D eigenvalue weighted by molar-refractivity contribution is -0.137. The minimum absolute atomic E-state index is 0.345. The molecule has 1 fully saturated rings. The average Bonchev–Trinajstić information content (AvgIpc) is 2.84. The van der Waals surface area contributed by atoms with E-state index in [1.54, 1.807) is 6.07 Å². The minimum Gasteiger partial charge on any atom is -0.367 e. The summed E-state index contributed by atoms with van der Waals surface area (Å²) in [5.41, 5.74) is 0.202. The molecule has 106 valence electrons. The summed E-state index contributed by atoms with van der Waals surface area (Å²) in [5, 5.41) is 3.28. The van der Waals surface area contributed by atoms with Gasteiger partial charge in [-0.25, -0.2) is 0 Å². The smallest absolute Gasteiger partial charge is 0.367 e. The second-order valence-corrected chi connectivity index (χ2v) is 5.45. The summed E-state index contributed by atoms with van der Waals surface area (Å²) in [6.07, 6.45) is -3.28. The third-order valence-corrected chi connectivity index (χ3v) is 4.04. The van der Waals surface area contributed by atoms with Crippen LogP contribution >= 0.6 is 15.9 Å². The first-order chi connectivity index (χ1) is 8.93. The molecule has 2 rings (SSSR count). The van der Waals surface area contributed by atoms with Crippen molar-refractivity contribution in [3.63, 3.8) is 0 Å². The molecule has 0 aliphatic carbocycles. The molecule has 1 aliphatic rings.